The molecule has 0 radical (unpaired) electrons. The third kappa shape index (κ3) is 6.55. The number of benzene rings is 1. The van der Waals surface area contributed by atoms with E-state index in [9.17, 15) is 8.42 Å². The van der Waals surface area contributed by atoms with Crippen molar-refractivity contribution in [3.63, 3.8) is 0 Å². The summed E-state index contributed by atoms with van der Waals surface area (Å²) in [6.07, 6.45) is 0.940. The molecule has 2 aromatic rings. The number of nitrogens with zero attached hydrogens (tertiary/aromatic N) is 2. The van der Waals surface area contributed by atoms with E-state index in [1.54, 1.807) is 26.2 Å². The second-order valence-electron chi connectivity index (χ2n) is 7.45. The molecule has 1 aromatic carbocycles. The number of sulfonamides is 1. The van der Waals surface area contributed by atoms with Crippen molar-refractivity contribution in [2.24, 2.45) is 4.99 Å². The Hall–Kier alpha value is -1.90. The zero-order chi connectivity index (χ0) is 21.6. The SMILES string of the molecule is CN=C(NCc1ccc(S(=O)(=O)N(C)C(C)C)cc1)NC(C)Cc1ccc(C)s1. The van der Waals surface area contributed by atoms with Gasteiger partial charge in [-0.05, 0) is 57.5 Å². The van der Waals surface area contributed by atoms with Crippen molar-refractivity contribution >= 4 is 27.3 Å². The third-order valence-electron chi connectivity index (χ3n) is 4.70. The number of hydrogen-bond donors (Lipinski definition) is 2. The maximum atomic E-state index is 12.6. The molecular formula is C21H32N4O2S2. The number of nitrogens with one attached hydrogen (secondary N) is 2. The quantitative estimate of drug-likeness (QED) is 0.491. The molecule has 1 aromatic heterocycles. The molecule has 160 valence electrons. The van der Waals surface area contributed by atoms with E-state index in [1.165, 1.54) is 14.1 Å². The molecule has 2 rings (SSSR count). The Kier molecular flexibility index (Phi) is 8.24. The molecule has 0 bridgehead atoms. The second kappa shape index (κ2) is 10.2. The number of aliphatic imine (C=N–C) groups is 1. The van der Waals surface area contributed by atoms with Crippen molar-refractivity contribution in [3.8, 4) is 0 Å². The predicted molar refractivity (Wildman–Crippen MR) is 122 cm³/mol. The summed E-state index contributed by atoms with van der Waals surface area (Å²) in [4.78, 5) is 7.26. The van der Waals surface area contributed by atoms with Gasteiger partial charge < -0.3 is 10.6 Å². The summed E-state index contributed by atoms with van der Waals surface area (Å²) >= 11 is 1.82. The molecule has 0 saturated carbocycles. The van der Waals surface area contributed by atoms with Gasteiger partial charge in [0.2, 0.25) is 10.0 Å². The minimum atomic E-state index is -3.46. The molecule has 0 aliphatic rings. The van der Waals surface area contributed by atoms with Gasteiger partial charge in [-0.25, -0.2) is 8.42 Å². The zero-order valence-electron chi connectivity index (χ0n) is 18.1. The minimum Gasteiger partial charge on any atom is -0.354 e. The van der Waals surface area contributed by atoms with Crippen molar-refractivity contribution in [1.29, 1.82) is 0 Å². The van der Waals surface area contributed by atoms with Gasteiger partial charge >= 0.3 is 0 Å². The van der Waals surface area contributed by atoms with Gasteiger partial charge in [0.1, 0.15) is 0 Å². The number of guanidine groups is 1. The van der Waals surface area contributed by atoms with Gasteiger partial charge in [-0.3, -0.25) is 4.99 Å². The van der Waals surface area contributed by atoms with Crippen LogP contribution in [0.1, 0.15) is 36.1 Å². The fraction of sp³-hybridized carbons (Fsp3) is 0.476. The summed E-state index contributed by atoms with van der Waals surface area (Å²) in [5.74, 6) is 0.724. The van der Waals surface area contributed by atoms with E-state index in [1.807, 2.05) is 37.3 Å². The summed E-state index contributed by atoms with van der Waals surface area (Å²) in [6.45, 7) is 8.52. The van der Waals surface area contributed by atoms with E-state index >= 15 is 0 Å². The first-order chi connectivity index (χ1) is 13.6. The second-order valence-corrected chi connectivity index (χ2v) is 10.8. The average molecular weight is 437 g/mol. The van der Waals surface area contributed by atoms with E-state index in [4.69, 9.17) is 0 Å². The maximum Gasteiger partial charge on any atom is 0.243 e. The number of rotatable bonds is 8. The van der Waals surface area contributed by atoms with E-state index < -0.39 is 10.0 Å². The van der Waals surface area contributed by atoms with Crippen LogP contribution in [0, 0.1) is 6.92 Å². The first-order valence-electron chi connectivity index (χ1n) is 9.73. The van der Waals surface area contributed by atoms with Crippen molar-refractivity contribution < 1.29 is 8.42 Å². The molecule has 6 nitrogen and oxygen atoms in total. The fourth-order valence-corrected chi connectivity index (χ4v) is 5.17. The number of aryl methyl sites for hydroxylation is 1. The molecule has 0 fully saturated rings. The van der Waals surface area contributed by atoms with Crippen LogP contribution >= 0.6 is 11.3 Å². The van der Waals surface area contributed by atoms with Crippen molar-refractivity contribution in [1.82, 2.24) is 14.9 Å². The van der Waals surface area contributed by atoms with Crippen LogP contribution < -0.4 is 10.6 Å². The van der Waals surface area contributed by atoms with Crippen LogP contribution in [0.25, 0.3) is 0 Å². The lowest BCUT2D eigenvalue weighted by atomic mass is 10.2. The lowest BCUT2D eigenvalue weighted by molar-refractivity contribution is 0.410. The molecule has 29 heavy (non-hydrogen) atoms. The molecule has 0 amide bonds. The Labute approximate surface area is 179 Å². The van der Waals surface area contributed by atoms with Crippen molar-refractivity contribution in [3.05, 3.63) is 51.7 Å². The van der Waals surface area contributed by atoms with E-state index in [2.05, 4.69) is 41.6 Å². The highest BCUT2D eigenvalue weighted by Crippen LogP contribution is 2.18. The summed E-state index contributed by atoms with van der Waals surface area (Å²) in [6, 6.07) is 11.4. The van der Waals surface area contributed by atoms with Crippen LogP contribution in [-0.4, -0.2) is 44.9 Å². The van der Waals surface area contributed by atoms with Gasteiger partial charge in [0.15, 0.2) is 5.96 Å². The Balaban J connectivity index is 1.92. The van der Waals surface area contributed by atoms with Gasteiger partial charge in [0, 0.05) is 48.9 Å². The Morgan fingerprint density at radius 1 is 1.14 bits per heavy atom. The minimum absolute atomic E-state index is 0.0872. The molecule has 2 N–H and O–H groups in total. The zero-order valence-corrected chi connectivity index (χ0v) is 19.7. The van der Waals surface area contributed by atoms with Crippen LogP contribution in [-0.2, 0) is 23.0 Å². The molecule has 8 heteroatoms. The molecule has 0 saturated heterocycles. The Morgan fingerprint density at radius 3 is 2.31 bits per heavy atom. The van der Waals surface area contributed by atoms with Gasteiger partial charge in [0.25, 0.3) is 0 Å². The molecule has 0 aliphatic carbocycles. The lowest BCUT2D eigenvalue weighted by Gasteiger charge is -2.21. The molecule has 0 aliphatic heterocycles. The molecule has 1 unspecified atom stereocenters. The predicted octanol–water partition coefficient (Wildman–Crippen LogP) is 3.38. The summed E-state index contributed by atoms with van der Waals surface area (Å²) in [7, 11) is -0.111. The lowest BCUT2D eigenvalue weighted by Crippen LogP contribution is -2.42. The highest BCUT2D eigenvalue weighted by Gasteiger charge is 2.22. The van der Waals surface area contributed by atoms with Crippen LogP contribution in [0.4, 0.5) is 0 Å². The smallest absolute Gasteiger partial charge is 0.243 e. The van der Waals surface area contributed by atoms with Crippen molar-refractivity contribution in [2.45, 2.75) is 57.6 Å². The highest BCUT2D eigenvalue weighted by molar-refractivity contribution is 7.89. The first-order valence-corrected chi connectivity index (χ1v) is 12.0. The highest BCUT2D eigenvalue weighted by atomic mass is 32.2. The van der Waals surface area contributed by atoms with Crippen molar-refractivity contribution in [2.75, 3.05) is 14.1 Å². The van der Waals surface area contributed by atoms with Crippen LogP contribution in [0.5, 0.6) is 0 Å². The average Bonchev–Trinajstić information content (AvgIpc) is 3.09. The van der Waals surface area contributed by atoms with E-state index in [0.29, 0.717) is 11.4 Å². The normalized spacial score (nSPS) is 13.7. The first kappa shape index (κ1) is 23.4. The van der Waals surface area contributed by atoms with Gasteiger partial charge in [-0.15, -0.1) is 11.3 Å². The molecule has 0 spiro atoms. The van der Waals surface area contributed by atoms with Crippen LogP contribution in [0.3, 0.4) is 0 Å². The standard InChI is InChI=1S/C21H32N4O2S2/c1-15(2)25(6)29(26,27)20-11-8-18(9-12-20)14-23-21(22-5)24-16(3)13-19-10-7-17(4)28-19/h7-12,15-16H,13-14H2,1-6H3,(H2,22,23,24). The van der Waals surface area contributed by atoms with Gasteiger partial charge in [-0.2, -0.15) is 4.31 Å². The largest absolute Gasteiger partial charge is 0.354 e. The summed E-state index contributed by atoms with van der Waals surface area (Å²) < 4.78 is 26.5. The molecule has 1 heterocycles. The summed E-state index contributed by atoms with van der Waals surface area (Å²) in [5.41, 5.74) is 0.987. The van der Waals surface area contributed by atoms with Crippen LogP contribution in [0.2, 0.25) is 0 Å². The molecule has 1 atom stereocenters. The van der Waals surface area contributed by atoms with Gasteiger partial charge in [-0.1, -0.05) is 12.1 Å². The number of thiophene rings is 1. The maximum absolute atomic E-state index is 12.6. The monoisotopic (exact) mass is 436 g/mol. The summed E-state index contributed by atoms with van der Waals surface area (Å²) in [5, 5.41) is 6.69. The topological polar surface area (TPSA) is 73.8 Å². The van der Waals surface area contributed by atoms with E-state index in [0.717, 1.165) is 17.9 Å². The third-order valence-corrected chi connectivity index (χ3v) is 7.77. The fourth-order valence-electron chi connectivity index (χ4n) is 2.78. The van der Waals surface area contributed by atoms with Gasteiger partial charge in [0.05, 0.1) is 4.90 Å². The Morgan fingerprint density at radius 2 is 1.79 bits per heavy atom. The number of hydrogen-bond acceptors (Lipinski definition) is 4. The Bertz CT molecular complexity index is 918. The molecular weight excluding hydrogens is 404 g/mol. The van der Waals surface area contributed by atoms with E-state index in [-0.39, 0.29) is 12.1 Å². The van der Waals surface area contributed by atoms with Crippen LogP contribution in [0.15, 0.2) is 46.3 Å².